The molecule has 1 aromatic rings. The second-order valence-electron chi connectivity index (χ2n) is 4.75. The largest absolute Gasteiger partial charge is 0.399 e. The SMILES string of the molecule is COCCN(CCc1ccc(N)cc1)C1CC1. The van der Waals surface area contributed by atoms with Gasteiger partial charge in [0, 0.05) is 31.9 Å². The van der Waals surface area contributed by atoms with Gasteiger partial charge in [0.2, 0.25) is 0 Å². The molecular weight excluding hydrogens is 212 g/mol. The van der Waals surface area contributed by atoms with Gasteiger partial charge in [-0.2, -0.15) is 0 Å². The van der Waals surface area contributed by atoms with Gasteiger partial charge in [0.1, 0.15) is 0 Å². The van der Waals surface area contributed by atoms with Crippen molar-refractivity contribution in [3.63, 3.8) is 0 Å². The van der Waals surface area contributed by atoms with Gasteiger partial charge in [0.15, 0.2) is 0 Å². The predicted octanol–water partition coefficient (Wildman–Crippen LogP) is 1.92. The third kappa shape index (κ3) is 4.02. The molecule has 0 aromatic heterocycles. The van der Waals surface area contributed by atoms with Crippen LogP contribution in [0.15, 0.2) is 24.3 Å². The molecule has 0 bridgehead atoms. The van der Waals surface area contributed by atoms with Crippen molar-refractivity contribution in [3.05, 3.63) is 29.8 Å². The van der Waals surface area contributed by atoms with E-state index in [1.165, 1.54) is 18.4 Å². The molecule has 0 atom stereocenters. The number of methoxy groups -OCH3 is 1. The summed E-state index contributed by atoms with van der Waals surface area (Å²) >= 11 is 0. The molecule has 1 aliphatic carbocycles. The molecule has 2 N–H and O–H groups in total. The highest BCUT2D eigenvalue weighted by Crippen LogP contribution is 2.26. The standard InChI is InChI=1S/C14H22N2O/c1-17-11-10-16(14-6-7-14)9-8-12-2-4-13(15)5-3-12/h2-5,14H,6-11,15H2,1H3. The molecule has 1 saturated carbocycles. The van der Waals surface area contributed by atoms with Gasteiger partial charge < -0.3 is 10.5 Å². The number of benzene rings is 1. The van der Waals surface area contributed by atoms with Crippen LogP contribution in [-0.2, 0) is 11.2 Å². The molecule has 1 fully saturated rings. The number of anilines is 1. The van der Waals surface area contributed by atoms with E-state index in [2.05, 4.69) is 17.0 Å². The third-order valence-electron chi connectivity index (χ3n) is 3.31. The van der Waals surface area contributed by atoms with Gasteiger partial charge in [-0.05, 0) is 37.0 Å². The van der Waals surface area contributed by atoms with Crippen LogP contribution >= 0.6 is 0 Å². The van der Waals surface area contributed by atoms with E-state index in [1.807, 2.05) is 12.1 Å². The summed E-state index contributed by atoms with van der Waals surface area (Å²) in [5, 5.41) is 0. The predicted molar refractivity (Wildman–Crippen MR) is 71.0 cm³/mol. The van der Waals surface area contributed by atoms with Crippen LogP contribution in [0.2, 0.25) is 0 Å². The number of rotatable bonds is 7. The van der Waals surface area contributed by atoms with Crippen LogP contribution in [0.5, 0.6) is 0 Å². The molecule has 0 saturated heterocycles. The van der Waals surface area contributed by atoms with E-state index < -0.39 is 0 Å². The Morgan fingerprint density at radius 2 is 1.94 bits per heavy atom. The number of hydrogen-bond donors (Lipinski definition) is 1. The molecule has 0 spiro atoms. The highest BCUT2D eigenvalue weighted by atomic mass is 16.5. The summed E-state index contributed by atoms with van der Waals surface area (Å²) in [6.07, 6.45) is 3.80. The van der Waals surface area contributed by atoms with E-state index in [4.69, 9.17) is 10.5 Å². The zero-order chi connectivity index (χ0) is 12.1. The Hall–Kier alpha value is -1.06. The Bertz CT molecular complexity index is 333. The number of nitrogens with two attached hydrogens (primary N) is 1. The van der Waals surface area contributed by atoms with Gasteiger partial charge in [-0.1, -0.05) is 12.1 Å². The molecule has 0 unspecified atom stereocenters. The Morgan fingerprint density at radius 3 is 2.53 bits per heavy atom. The maximum Gasteiger partial charge on any atom is 0.0589 e. The van der Waals surface area contributed by atoms with Crippen LogP contribution in [0.1, 0.15) is 18.4 Å². The Balaban J connectivity index is 1.80. The minimum atomic E-state index is 0.805. The summed E-state index contributed by atoms with van der Waals surface area (Å²) in [5.41, 5.74) is 7.88. The van der Waals surface area contributed by atoms with E-state index >= 15 is 0 Å². The Kier molecular flexibility index (Phi) is 4.40. The van der Waals surface area contributed by atoms with Crippen LogP contribution in [0.3, 0.4) is 0 Å². The van der Waals surface area contributed by atoms with Crippen molar-refractivity contribution in [2.24, 2.45) is 0 Å². The lowest BCUT2D eigenvalue weighted by Gasteiger charge is -2.21. The first-order valence-electron chi connectivity index (χ1n) is 6.37. The summed E-state index contributed by atoms with van der Waals surface area (Å²) < 4.78 is 5.16. The fourth-order valence-electron chi connectivity index (χ4n) is 2.08. The van der Waals surface area contributed by atoms with Crippen molar-refractivity contribution in [2.75, 3.05) is 32.5 Å². The van der Waals surface area contributed by atoms with Crippen molar-refractivity contribution >= 4 is 5.69 Å². The molecule has 17 heavy (non-hydrogen) atoms. The molecule has 0 amide bonds. The summed E-state index contributed by atoms with van der Waals surface area (Å²) in [6.45, 7) is 3.01. The van der Waals surface area contributed by atoms with Crippen LogP contribution in [0.4, 0.5) is 5.69 Å². The molecule has 0 aliphatic heterocycles. The molecule has 1 aromatic carbocycles. The van der Waals surface area contributed by atoms with Crippen molar-refractivity contribution in [1.82, 2.24) is 4.90 Å². The minimum absolute atomic E-state index is 0.805. The van der Waals surface area contributed by atoms with Gasteiger partial charge >= 0.3 is 0 Å². The van der Waals surface area contributed by atoms with Crippen molar-refractivity contribution < 1.29 is 4.74 Å². The monoisotopic (exact) mass is 234 g/mol. The Labute approximate surface area is 104 Å². The zero-order valence-corrected chi connectivity index (χ0v) is 10.6. The lowest BCUT2D eigenvalue weighted by atomic mass is 10.1. The van der Waals surface area contributed by atoms with Gasteiger partial charge in [-0.15, -0.1) is 0 Å². The molecule has 3 heteroatoms. The first-order valence-corrected chi connectivity index (χ1v) is 6.37. The van der Waals surface area contributed by atoms with Gasteiger partial charge in [-0.25, -0.2) is 0 Å². The van der Waals surface area contributed by atoms with Crippen molar-refractivity contribution in [3.8, 4) is 0 Å². The minimum Gasteiger partial charge on any atom is -0.399 e. The number of nitrogen functional groups attached to an aromatic ring is 1. The normalized spacial score (nSPS) is 15.4. The number of ether oxygens (including phenoxy) is 1. The van der Waals surface area contributed by atoms with E-state index in [0.717, 1.165) is 37.8 Å². The van der Waals surface area contributed by atoms with E-state index in [0.29, 0.717) is 0 Å². The molecule has 2 rings (SSSR count). The summed E-state index contributed by atoms with van der Waals surface area (Å²) in [6, 6.07) is 9.00. The highest BCUT2D eigenvalue weighted by molar-refractivity contribution is 5.39. The molecule has 1 aliphatic rings. The van der Waals surface area contributed by atoms with Crippen LogP contribution in [0, 0.1) is 0 Å². The van der Waals surface area contributed by atoms with Crippen molar-refractivity contribution in [2.45, 2.75) is 25.3 Å². The Morgan fingerprint density at radius 1 is 1.24 bits per heavy atom. The highest BCUT2D eigenvalue weighted by Gasteiger charge is 2.28. The molecule has 0 heterocycles. The zero-order valence-electron chi connectivity index (χ0n) is 10.6. The van der Waals surface area contributed by atoms with Crippen LogP contribution in [0.25, 0.3) is 0 Å². The van der Waals surface area contributed by atoms with Gasteiger partial charge in [-0.3, -0.25) is 4.90 Å². The van der Waals surface area contributed by atoms with Crippen LogP contribution < -0.4 is 5.73 Å². The third-order valence-corrected chi connectivity index (χ3v) is 3.31. The van der Waals surface area contributed by atoms with Gasteiger partial charge in [0.25, 0.3) is 0 Å². The lowest BCUT2D eigenvalue weighted by molar-refractivity contribution is 0.144. The molecule has 3 nitrogen and oxygen atoms in total. The molecule has 94 valence electrons. The fraction of sp³-hybridized carbons (Fsp3) is 0.571. The van der Waals surface area contributed by atoms with E-state index in [9.17, 15) is 0 Å². The average molecular weight is 234 g/mol. The second-order valence-corrected chi connectivity index (χ2v) is 4.75. The topological polar surface area (TPSA) is 38.5 Å². The van der Waals surface area contributed by atoms with E-state index in [1.54, 1.807) is 7.11 Å². The average Bonchev–Trinajstić information content (AvgIpc) is 3.16. The summed E-state index contributed by atoms with van der Waals surface area (Å²) in [7, 11) is 1.77. The fourth-order valence-corrected chi connectivity index (χ4v) is 2.08. The molecule has 0 radical (unpaired) electrons. The number of hydrogen-bond acceptors (Lipinski definition) is 3. The first-order chi connectivity index (χ1) is 8.29. The smallest absolute Gasteiger partial charge is 0.0589 e. The summed E-state index contributed by atoms with van der Waals surface area (Å²) in [5.74, 6) is 0. The maximum absolute atomic E-state index is 5.68. The first kappa shape index (κ1) is 12.4. The second kappa shape index (κ2) is 6.03. The summed E-state index contributed by atoms with van der Waals surface area (Å²) in [4.78, 5) is 2.54. The van der Waals surface area contributed by atoms with Crippen LogP contribution in [-0.4, -0.2) is 37.7 Å². The quantitative estimate of drug-likeness (QED) is 0.733. The number of nitrogens with zero attached hydrogens (tertiary/aromatic N) is 1. The maximum atomic E-state index is 5.68. The van der Waals surface area contributed by atoms with Crippen molar-refractivity contribution in [1.29, 1.82) is 0 Å². The van der Waals surface area contributed by atoms with E-state index in [-0.39, 0.29) is 0 Å². The van der Waals surface area contributed by atoms with Gasteiger partial charge in [0.05, 0.1) is 6.61 Å². The lowest BCUT2D eigenvalue weighted by Crippen LogP contribution is -2.31. The molecular formula is C14H22N2O.